The average Bonchev–Trinajstić information content (AvgIpc) is 2.60. The molecule has 0 aliphatic carbocycles. The van der Waals surface area contributed by atoms with Crippen molar-refractivity contribution in [1.82, 2.24) is 9.20 Å². The number of ether oxygens (including phenoxy) is 1. The first-order chi connectivity index (χ1) is 8.58. The maximum Gasteiger partial charge on any atom is 0.267 e. The van der Waals surface area contributed by atoms with Gasteiger partial charge in [-0.05, 0) is 28.1 Å². The van der Waals surface area contributed by atoms with Crippen LogP contribution >= 0.6 is 15.9 Å². The van der Waals surface area contributed by atoms with E-state index in [1.54, 1.807) is 16.8 Å². The van der Waals surface area contributed by atoms with Crippen LogP contribution in [-0.2, 0) is 11.3 Å². The van der Waals surface area contributed by atoms with Crippen molar-refractivity contribution in [2.75, 3.05) is 13.2 Å². The van der Waals surface area contributed by atoms with Crippen LogP contribution in [0, 0.1) is 0 Å². The van der Waals surface area contributed by atoms with Gasteiger partial charge in [0.2, 0.25) is 0 Å². The molecule has 0 amide bonds. The van der Waals surface area contributed by atoms with Gasteiger partial charge in [-0.15, -0.1) is 0 Å². The van der Waals surface area contributed by atoms with Crippen molar-refractivity contribution in [2.24, 2.45) is 0 Å². The van der Waals surface area contributed by atoms with E-state index in [0.29, 0.717) is 0 Å². The number of rotatable bonds is 5. The molecule has 0 atom stereocenters. The fourth-order valence-electron chi connectivity index (χ4n) is 1.65. The van der Waals surface area contributed by atoms with Gasteiger partial charge in [-0.1, -0.05) is 0 Å². The SMILES string of the molecule is O=c1cc2ccc(Br)cn2n1CCOCC(F)F. The molecule has 0 aliphatic rings. The molecule has 0 radical (unpaired) electrons. The van der Waals surface area contributed by atoms with E-state index in [0.717, 1.165) is 9.99 Å². The molecular weight excluding hydrogens is 310 g/mol. The Bertz CT molecular complexity index is 594. The van der Waals surface area contributed by atoms with Gasteiger partial charge in [0, 0.05) is 16.7 Å². The molecule has 0 unspecified atom stereocenters. The summed E-state index contributed by atoms with van der Waals surface area (Å²) in [6.07, 6.45) is -0.746. The molecule has 2 rings (SSSR count). The average molecular weight is 321 g/mol. The smallest absolute Gasteiger partial charge is 0.267 e. The number of fused-ring (bicyclic) bond motifs is 1. The third-order valence-corrected chi connectivity index (χ3v) is 2.87. The van der Waals surface area contributed by atoms with Crippen LogP contribution in [0.4, 0.5) is 8.78 Å². The van der Waals surface area contributed by atoms with E-state index >= 15 is 0 Å². The van der Waals surface area contributed by atoms with Gasteiger partial charge in [0.05, 0.1) is 18.7 Å². The molecule has 0 aromatic carbocycles. The molecule has 2 heterocycles. The van der Waals surface area contributed by atoms with E-state index in [4.69, 9.17) is 4.74 Å². The second-order valence-corrected chi connectivity index (χ2v) is 4.60. The molecule has 7 heteroatoms. The monoisotopic (exact) mass is 320 g/mol. The van der Waals surface area contributed by atoms with E-state index in [1.165, 1.54) is 10.7 Å². The van der Waals surface area contributed by atoms with Crippen LogP contribution < -0.4 is 5.56 Å². The standard InChI is InChI=1S/C11H11BrF2N2O2/c12-8-1-2-9-5-11(17)15(16(9)6-8)3-4-18-7-10(13)14/h1-2,5-6,10H,3-4,7H2. The largest absolute Gasteiger partial charge is 0.374 e. The van der Waals surface area contributed by atoms with Crippen LogP contribution in [0.5, 0.6) is 0 Å². The summed E-state index contributed by atoms with van der Waals surface area (Å²) in [6.45, 7) is -0.305. The fourth-order valence-corrected chi connectivity index (χ4v) is 1.97. The molecule has 0 saturated heterocycles. The van der Waals surface area contributed by atoms with Gasteiger partial charge >= 0.3 is 0 Å². The Hall–Kier alpha value is -1.21. The van der Waals surface area contributed by atoms with Crippen molar-refractivity contribution in [3.8, 4) is 0 Å². The Labute approximate surface area is 110 Å². The van der Waals surface area contributed by atoms with Crippen LogP contribution in [0.15, 0.2) is 33.7 Å². The number of hydrogen-bond acceptors (Lipinski definition) is 2. The van der Waals surface area contributed by atoms with Crippen molar-refractivity contribution in [1.29, 1.82) is 0 Å². The summed E-state index contributed by atoms with van der Waals surface area (Å²) in [5, 5.41) is 0. The number of halogens is 3. The maximum atomic E-state index is 11.9. The molecule has 2 aromatic heterocycles. The zero-order valence-corrected chi connectivity index (χ0v) is 10.9. The van der Waals surface area contributed by atoms with Crippen molar-refractivity contribution in [3.63, 3.8) is 0 Å². The molecule has 98 valence electrons. The Kier molecular flexibility index (Phi) is 4.13. The molecular formula is C11H11BrF2N2O2. The van der Waals surface area contributed by atoms with Crippen molar-refractivity contribution < 1.29 is 13.5 Å². The zero-order chi connectivity index (χ0) is 13.1. The predicted octanol–water partition coefficient (Wildman–Crippen LogP) is 2.15. The van der Waals surface area contributed by atoms with E-state index in [1.807, 2.05) is 6.07 Å². The molecule has 18 heavy (non-hydrogen) atoms. The number of alkyl halides is 2. The summed E-state index contributed by atoms with van der Waals surface area (Å²) in [5.74, 6) is 0. The molecule has 2 aromatic rings. The van der Waals surface area contributed by atoms with Crippen LogP contribution in [0.2, 0.25) is 0 Å². The van der Waals surface area contributed by atoms with Crippen molar-refractivity contribution in [2.45, 2.75) is 13.0 Å². The van der Waals surface area contributed by atoms with Gasteiger partial charge in [-0.3, -0.25) is 9.31 Å². The number of nitrogens with zero attached hydrogens (tertiary/aromatic N) is 2. The molecule has 0 bridgehead atoms. The molecule has 0 saturated carbocycles. The first kappa shape index (κ1) is 13.2. The number of aromatic nitrogens is 2. The predicted molar refractivity (Wildman–Crippen MR) is 66.2 cm³/mol. The summed E-state index contributed by atoms with van der Waals surface area (Å²) in [7, 11) is 0. The lowest BCUT2D eigenvalue weighted by Gasteiger charge is -2.07. The van der Waals surface area contributed by atoms with Crippen LogP contribution in [0.3, 0.4) is 0 Å². The van der Waals surface area contributed by atoms with E-state index in [-0.39, 0.29) is 18.7 Å². The Morgan fingerprint density at radius 3 is 2.89 bits per heavy atom. The second-order valence-electron chi connectivity index (χ2n) is 3.69. The lowest BCUT2D eigenvalue weighted by molar-refractivity contribution is 0.0135. The summed E-state index contributed by atoms with van der Waals surface area (Å²) in [4.78, 5) is 11.7. The summed E-state index contributed by atoms with van der Waals surface area (Å²) in [5.41, 5.74) is 0.561. The highest BCUT2D eigenvalue weighted by atomic mass is 79.9. The first-order valence-electron chi connectivity index (χ1n) is 5.31. The molecule has 0 aliphatic heterocycles. The lowest BCUT2D eigenvalue weighted by Crippen LogP contribution is -2.22. The second kappa shape index (κ2) is 5.62. The minimum Gasteiger partial charge on any atom is -0.374 e. The van der Waals surface area contributed by atoms with Gasteiger partial charge in [-0.25, -0.2) is 13.5 Å². The van der Waals surface area contributed by atoms with Gasteiger partial charge in [0.15, 0.2) is 0 Å². The topological polar surface area (TPSA) is 35.6 Å². The van der Waals surface area contributed by atoms with Crippen molar-refractivity contribution in [3.05, 3.63) is 39.2 Å². The zero-order valence-electron chi connectivity index (χ0n) is 9.35. The maximum absolute atomic E-state index is 11.9. The van der Waals surface area contributed by atoms with E-state index in [2.05, 4.69) is 15.9 Å². The Morgan fingerprint density at radius 2 is 2.17 bits per heavy atom. The first-order valence-corrected chi connectivity index (χ1v) is 6.11. The van der Waals surface area contributed by atoms with E-state index < -0.39 is 13.0 Å². The van der Waals surface area contributed by atoms with Gasteiger partial charge in [0.1, 0.15) is 6.61 Å². The normalized spacial score (nSPS) is 11.6. The quantitative estimate of drug-likeness (QED) is 0.791. The molecule has 0 N–H and O–H groups in total. The Morgan fingerprint density at radius 1 is 1.39 bits per heavy atom. The highest BCUT2D eigenvalue weighted by Crippen LogP contribution is 2.11. The van der Waals surface area contributed by atoms with Gasteiger partial charge in [-0.2, -0.15) is 0 Å². The number of hydrogen-bond donors (Lipinski definition) is 0. The highest BCUT2D eigenvalue weighted by molar-refractivity contribution is 9.10. The van der Waals surface area contributed by atoms with Crippen LogP contribution in [0.25, 0.3) is 5.52 Å². The van der Waals surface area contributed by atoms with Crippen LogP contribution in [0.1, 0.15) is 0 Å². The molecule has 0 spiro atoms. The molecule has 4 nitrogen and oxygen atoms in total. The molecule has 0 fully saturated rings. The fraction of sp³-hybridized carbons (Fsp3) is 0.364. The minimum atomic E-state index is -2.49. The van der Waals surface area contributed by atoms with Gasteiger partial charge < -0.3 is 4.74 Å². The van der Waals surface area contributed by atoms with Crippen LogP contribution in [-0.4, -0.2) is 28.8 Å². The van der Waals surface area contributed by atoms with E-state index in [9.17, 15) is 13.6 Å². The van der Waals surface area contributed by atoms with Crippen molar-refractivity contribution >= 4 is 21.4 Å². The summed E-state index contributed by atoms with van der Waals surface area (Å²) in [6, 6.07) is 5.11. The highest BCUT2D eigenvalue weighted by Gasteiger charge is 2.06. The summed E-state index contributed by atoms with van der Waals surface area (Å²) >= 11 is 3.31. The third kappa shape index (κ3) is 2.97. The summed E-state index contributed by atoms with van der Waals surface area (Å²) < 4.78 is 32.5. The van der Waals surface area contributed by atoms with Gasteiger partial charge in [0.25, 0.3) is 12.0 Å². The lowest BCUT2D eigenvalue weighted by atomic mass is 10.4. The minimum absolute atomic E-state index is 0.0723. The number of pyridine rings is 1. The third-order valence-electron chi connectivity index (χ3n) is 2.40. The Balaban J connectivity index is 2.14.